The van der Waals surface area contributed by atoms with Crippen molar-refractivity contribution in [2.24, 2.45) is 17.7 Å². The van der Waals surface area contributed by atoms with Crippen LogP contribution >= 0.6 is 15.9 Å². The van der Waals surface area contributed by atoms with Crippen LogP contribution in [0.3, 0.4) is 0 Å². The van der Waals surface area contributed by atoms with Crippen molar-refractivity contribution in [3.8, 4) is 0 Å². The molecule has 21 heavy (non-hydrogen) atoms. The second-order valence-corrected chi connectivity index (χ2v) is 7.33. The summed E-state index contributed by atoms with van der Waals surface area (Å²) in [6, 6.07) is 2.51. The first-order chi connectivity index (χ1) is 10.2. The zero-order valence-corrected chi connectivity index (χ0v) is 14.6. The molecule has 2 rings (SSSR count). The SMILES string of the molecule is CCCCC1CCC(C(Cc2cncc(Br)c2)NN)CC1. The Morgan fingerprint density at radius 2 is 2.10 bits per heavy atom. The molecule has 1 aliphatic carbocycles. The van der Waals surface area contributed by atoms with Gasteiger partial charge in [-0.05, 0) is 58.7 Å². The molecule has 118 valence electrons. The average molecular weight is 354 g/mol. The molecular weight excluding hydrogens is 326 g/mol. The molecular formula is C17H28BrN3. The first-order valence-electron chi connectivity index (χ1n) is 8.28. The van der Waals surface area contributed by atoms with Crippen LogP contribution in [0.25, 0.3) is 0 Å². The van der Waals surface area contributed by atoms with Gasteiger partial charge in [-0.1, -0.05) is 39.0 Å². The topological polar surface area (TPSA) is 50.9 Å². The van der Waals surface area contributed by atoms with Crippen LogP contribution in [0.5, 0.6) is 0 Å². The zero-order chi connectivity index (χ0) is 15.1. The Hall–Kier alpha value is -0.450. The Morgan fingerprint density at radius 3 is 2.71 bits per heavy atom. The molecule has 1 atom stereocenters. The molecule has 1 saturated carbocycles. The number of hydrogen-bond acceptors (Lipinski definition) is 3. The maximum absolute atomic E-state index is 5.82. The molecule has 1 aromatic rings. The van der Waals surface area contributed by atoms with E-state index in [1.807, 2.05) is 12.4 Å². The smallest absolute Gasteiger partial charge is 0.0410 e. The van der Waals surface area contributed by atoms with E-state index in [0.717, 1.165) is 16.8 Å². The van der Waals surface area contributed by atoms with E-state index < -0.39 is 0 Å². The molecule has 1 unspecified atom stereocenters. The molecule has 0 aliphatic heterocycles. The summed E-state index contributed by atoms with van der Waals surface area (Å²) in [5.41, 5.74) is 4.31. The number of halogens is 1. The van der Waals surface area contributed by atoms with Crippen molar-refractivity contribution in [1.29, 1.82) is 0 Å². The van der Waals surface area contributed by atoms with E-state index in [-0.39, 0.29) is 0 Å². The molecule has 1 heterocycles. The van der Waals surface area contributed by atoms with Gasteiger partial charge in [0, 0.05) is 22.9 Å². The molecule has 0 bridgehead atoms. The molecule has 0 radical (unpaired) electrons. The summed E-state index contributed by atoms with van der Waals surface area (Å²) in [6.07, 6.45) is 14.2. The number of nitrogens with zero attached hydrogens (tertiary/aromatic N) is 1. The third kappa shape index (κ3) is 5.35. The van der Waals surface area contributed by atoms with Crippen molar-refractivity contribution in [1.82, 2.24) is 10.4 Å². The highest BCUT2D eigenvalue weighted by molar-refractivity contribution is 9.10. The number of hydrogen-bond donors (Lipinski definition) is 2. The second kappa shape index (κ2) is 8.86. The number of nitrogens with one attached hydrogen (secondary N) is 1. The Labute approximate surface area is 137 Å². The first-order valence-corrected chi connectivity index (χ1v) is 9.07. The molecule has 4 heteroatoms. The molecule has 3 nitrogen and oxygen atoms in total. The number of unbranched alkanes of at least 4 members (excludes halogenated alkanes) is 1. The van der Waals surface area contributed by atoms with Gasteiger partial charge in [-0.25, -0.2) is 0 Å². The summed E-state index contributed by atoms with van der Waals surface area (Å²) in [6.45, 7) is 2.28. The van der Waals surface area contributed by atoms with Crippen molar-refractivity contribution in [3.63, 3.8) is 0 Å². The Balaban J connectivity index is 1.85. The van der Waals surface area contributed by atoms with E-state index in [9.17, 15) is 0 Å². The van der Waals surface area contributed by atoms with Gasteiger partial charge in [-0.3, -0.25) is 16.3 Å². The number of rotatable bonds is 7. The predicted molar refractivity (Wildman–Crippen MR) is 91.7 cm³/mol. The summed E-state index contributed by atoms with van der Waals surface area (Å²) >= 11 is 3.49. The van der Waals surface area contributed by atoms with Gasteiger partial charge in [-0.2, -0.15) is 0 Å². The van der Waals surface area contributed by atoms with Crippen molar-refractivity contribution < 1.29 is 0 Å². The summed E-state index contributed by atoms with van der Waals surface area (Å²) in [5, 5.41) is 0. The summed E-state index contributed by atoms with van der Waals surface area (Å²) < 4.78 is 1.04. The molecule has 0 saturated heterocycles. The van der Waals surface area contributed by atoms with Gasteiger partial charge < -0.3 is 0 Å². The van der Waals surface area contributed by atoms with Gasteiger partial charge in [-0.15, -0.1) is 0 Å². The van der Waals surface area contributed by atoms with Crippen LogP contribution in [0.15, 0.2) is 22.9 Å². The van der Waals surface area contributed by atoms with Gasteiger partial charge in [0.1, 0.15) is 0 Å². The van der Waals surface area contributed by atoms with Crippen LogP contribution in [0, 0.1) is 11.8 Å². The molecule has 0 aromatic carbocycles. The first kappa shape index (κ1) is 16.9. The lowest BCUT2D eigenvalue weighted by atomic mass is 9.76. The van der Waals surface area contributed by atoms with E-state index in [1.165, 1.54) is 50.5 Å². The van der Waals surface area contributed by atoms with Crippen LogP contribution < -0.4 is 11.3 Å². The lowest BCUT2D eigenvalue weighted by Crippen LogP contribution is -2.43. The Morgan fingerprint density at radius 1 is 1.33 bits per heavy atom. The van der Waals surface area contributed by atoms with Crippen molar-refractivity contribution in [2.45, 2.75) is 64.3 Å². The van der Waals surface area contributed by atoms with Gasteiger partial charge in [0.15, 0.2) is 0 Å². The quantitative estimate of drug-likeness (QED) is 0.570. The fourth-order valence-corrected chi connectivity index (χ4v) is 3.97. The fourth-order valence-electron chi connectivity index (χ4n) is 3.56. The monoisotopic (exact) mass is 353 g/mol. The van der Waals surface area contributed by atoms with E-state index in [4.69, 9.17) is 5.84 Å². The van der Waals surface area contributed by atoms with Crippen LogP contribution in [0.1, 0.15) is 57.4 Å². The highest BCUT2D eigenvalue weighted by Gasteiger charge is 2.27. The summed E-state index contributed by atoms with van der Waals surface area (Å²) in [5.74, 6) is 7.47. The van der Waals surface area contributed by atoms with Crippen molar-refractivity contribution in [3.05, 3.63) is 28.5 Å². The van der Waals surface area contributed by atoms with Crippen LogP contribution in [-0.2, 0) is 6.42 Å². The van der Waals surface area contributed by atoms with Gasteiger partial charge in [0.05, 0.1) is 0 Å². The predicted octanol–water partition coefficient (Wildman–Crippen LogP) is 4.22. The highest BCUT2D eigenvalue weighted by Crippen LogP contribution is 2.34. The molecule has 0 spiro atoms. The second-order valence-electron chi connectivity index (χ2n) is 6.41. The van der Waals surface area contributed by atoms with E-state index >= 15 is 0 Å². The van der Waals surface area contributed by atoms with E-state index in [2.05, 4.69) is 39.3 Å². The van der Waals surface area contributed by atoms with Gasteiger partial charge in [0.25, 0.3) is 0 Å². The molecule has 1 aliphatic rings. The minimum Gasteiger partial charge on any atom is -0.271 e. The molecule has 3 N–H and O–H groups in total. The minimum atomic E-state index is 0.369. The average Bonchev–Trinajstić information content (AvgIpc) is 2.51. The minimum absolute atomic E-state index is 0.369. The number of aromatic nitrogens is 1. The highest BCUT2D eigenvalue weighted by atomic mass is 79.9. The van der Waals surface area contributed by atoms with Crippen LogP contribution in [0.4, 0.5) is 0 Å². The molecule has 0 amide bonds. The maximum atomic E-state index is 5.82. The number of nitrogens with two attached hydrogens (primary N) is 1. The third-order valence-corrected chi connectivity index (χ3v) is 5.29. The van der Waals surface area contributed by atoms with Crippen molar-refractivity contribution in [2.75, 3.05) is 0 Å². The van der Waals surface area contributed by atoms with Crippen molar-refractivity contribution >= 4 is 15.9 Å². The fraction of sp³-hybridized carbons (Fsp3) is 0.706. The zero-order valence-electron chi connectivity index (χ0n) is 13.0. The van der Waals surface area contributed by atoms with Gasteiger partial charge in [0.2, 0.25) is 0 Å². The summed E-state index contributed by atoms with van der Waals surface area (Å²) in [7, 11) is 0. The Kier molecular flexibility index (Phi) is 7.14. The lowest BCUT2D eigenvalue weighted by molar-refractivity contribution is 0.211. The van der Waals surface area contributed by atoms with E-state index in [0.29, 0.717) is 12.0 Å². The molecule has 1 fully saturated rings. The largest absolute Gasteiger partial charge is 0.271 e. The van der Waals surface area contributed by atoms with E-state index in [1.54, 1.807) is 0 Å². The normalized spacial score (nSPS) is 24.0. The van der Waals surface area contributed by atoms with Crippen LogP contribution in [0.2, 0.25) is 0 Å². The van der Waals surface area contributed by atoms with Crippen LogP contribution in [-0.4, -0.2) is 11.0 Å². The van der Waals surface area contributed by atoms with Gasteiger partial charge >= 0.3 is 0 Å². The molecule has 1 aromatic heterocycles. The number of hydrazine groups is 1. The summed E-state index contributed by atoms with van der Waals surface area (Å²) in [4.78, 5) is 4.25. The number of pyridine rings is 1. The standard InChI is InChI=1S/C17H28BrN3/c1-2-3-4-13-5-7-15(8-6-13)17(21-19)10-14-9-16(18)12-20-11-14/h9,11-13,15,17,21H,2-8,10,19H2,1H3. The maximum Gasteiger partial charge on any atom is 0.0410 e. The third-order valence-electron chi connectivity index (χ3n) is 4.86. The lowest BCUT2D eigenvalue weighted by Gasteiger charge is -2.33. The Bertz CT molecular complexity index is 416.